The molecular formula is C18H22F3IN4O. The van der Waals surface area contributed by atoms with Crippen LogP contribution in [0.2, 0.25) is 0 Å². The van der Waals surface area contributed by atoms with Crippen molar-refractivity contribution < 1.29 is 17.9 Å². The van der Waals surface area contributed by atoms with Crippen molar-refractivity contribution in [2.45, 2.75) is 12.4 Å². The predicted molar refractivity (Wildman–Crippen MR) is 112 cm³/mol. The second-order valence-corrected chi connectivity index (χ2v) is 5.81. The topological polar surface area (TPSA) is 62.9 Å². The molecule has 1 atom stereocenters. The molecule has 0 aliphatic carbocycles. The molecule has 0 bridgehead atoms. The van der Waals surface area contributed by atoms with Gasteiger partial charge in [-0.3, -0.25) is 4.99 Å². The smallest absolute Gasteiger partial charge is 0.406 e. The quantitative estimate of drug-likeness (QED) is 0.359. The Morgan fingerprint density at radius 1 is 1.11 bits per heavy atom. The molecule has 27 heavy (non-hydrogen) atoms. The number of alkyl halides is 3. The highest BCUT2D eigenvalue weighted by Crippen LogP contribution is 2.24. The number of ether oxygens (including phenoxy) is 1. The van der Waals surface area contributed by atoms with Crippen LogP contribution in [-0.4, -0.2) is 37.9 Å². The van der Waals surface area contributed by atoms with Gasteiger partial charge in [-0.25, -0.2) is 0 Å². The number of nitrogens with two attached hydrogens (primary N) is 1. The maximum atomic E-state index is 12.2. The van der Waals surface area contributed by atoms with Crippen molar-refractivity contribution in [1.82, 2.24) is 4.90 Å². The third-order valence-electron chi connectivity index (χ3n) is 3.60. The molecule has 0 aromatic heterocycles. The van der Waals surface area contributed by atoms with Crippen molar-refractivity contribution >= 4 is 35.6 Å². The first kappa shape index (κ1) is 23.0. The maximum absolute atomic E-state index is 12.2. The SMILES string of the molecule is CN(C)C(CN=C(N)Nc1ccc(OC(F)(F)F)cc1)c1ccccc1.I. The summed E-state index contributed by atoms with van der Waals surface area (Å²) in [6.07, 6.45) is -4.71. The Hall–Kier alpha value is -2.01. The van der Waals surface area contributed by atoms with Gasteiger partial charge in [0, 0.05) is 5.69 Å². The molecule has 2 aromatic carbocycles. The minimum Gasteiger partial charge on any atom is -0.406 e. The first-order chi connectivity index (χ1) is 12.2. The largest absolute Gasteiger partial charge is 0.573 e. The number of hydrogen-bond donors (Lipinski definition) is 2. The van der Waals surface area contributed by atoms with Crippen LogP contribution < -0.4 is 15.8 Å². The molecule has 0 heterocycles. The van der Waals surface area contributed by atoms with Gasteiger partial charge in [0.1, 0.15) is 5.75 Å². The highest BCUT2D eigenvalue weighted by atomic mass is 127. The predicted octanol–water partition coefficient (Wildman–Crippen LogP) is 4.23. The van der Waals surface area contributed by atoms with Gasteiger partial charge in [0.05, 0.1) is 12.6 Å². The number of anilines is 1. The third kappa shape index (κ3) is 8.04. The lowest BCUT2D eigenvalue weighted by molar-refractivity contribution is -0.274. The summed E-state index contributed by atoms with van der Waals surface area (Å²) in [5, 5.41) is 2.85. The van der Waals surface area contributed by atoms with Crippen LogP contribution in [0.5, 0.6) is 5.75 Å². The number of hydrogen-bond acceptors (Lipinski definition) is 3. The molecule has 0 spiro atoms. The van der Waals surface area contributed by atoms with Gasteiger partial charge >= 0.3 is 6.36 Å². The summed E-state index contributed by atoms with van der Waals surface area (Å²) in [7, 11) is 3.91. The van der Waals surface area contributed by atoms with Gasteiger partial charge < -0.3 is 20.7 Å². The number of guanidine groups is 1. The molecule has 2 aromatic rings. The summed E-state index contributed by atoms with van der Waals surface area (Å²) in [5.74, 6) is -0.118. The van der Waals surface area contributed by atoms with E-state index in [2.05, 4.69) is 15.0 Å². The highest BCUT2D eigenvalue weighted by Gasteiger charge is 2.30. The zero-order chi connectivity index (χ0) is 19.2. The van der Waals surface area contributed by atoms with Crippen molar-refractivity contribution in [3.05, 3.63) is 60.2 Å². The maximum Gasteiger partial charge on any atom is 0.573 e. The number of nitrogens with zero attached hydrogens (tertiary/aromatic N) is 2. The van der Waals surface area contributed by atoms with E-state index in [9.17, 15) is 13.2 Å². The average Bonchev–Trinajstić information content (AvgIpc) is 2.56. The lowest BCUT2D eigenvalue weighted by Gasteiger charge is -2.23. The number of benzene rings is 2. The Morgan fingerprint density at radius 3 is 2.22 bits per heavy atom. The molecule has 0 aliphatic rings. The Kier molecular flexibility index (Phi) is 8.83. The second kappa shape index (κ2) is 10.4. The summed E-state index contributed by atoms with van der Waals surface area (Å²) in [6.45, 7) is 0.436. The number of halogens is 4. The average molecular weight is 494 g/mol. The number of likely N-dealkylation sites (N-methyl/N-ethyl adjacent to an activating group) is 1. The van der Waals surface area contributed by atoms with Crippen LogP contribution in [0.3, 0.4) is 0 Å². The normalized spacial score (nSPS) is 13.0. The summed E-state index contributed by atoms with van der Waals surface area (Å²) in [5.41, 5.74) is 7.51. The number of aliphatic imine (C=N–C) groups is 1. The van der Waals surface area contributed by atoms with Gasteiger partial charge in [-0.15, -0.1) is 37.1 Å². The minimum absolute atomic E-state index is 0. The first-order valence-corrected chi connectivity index (χ1v) is 7.89. The molecule has 0 saturated heterocycles. The van der Waals surface area contributed by atoms with E-state index >= 15 is 0 Å². The summed E-state index contributed by atoms with van der Waals surface area (Å²) >= 11 is 0. The summed E-state index contributed by atoms with van der Waals surface area (Å²) in [4.78, 5) is 6.37. The minimum atomic E-state index is -4.71. The molecule has 0 radical (unpaired) electrons. The van der Waals surface area contributed by atoms with E-state index in [0.717, 1.165) is 5.56 Å². The van der Waals surface area contributed by atoms with Crippen LogP contribution in [0.4, 0.5) is 18.9 Å². The highest BCUT2D eigenvalue weighted by molar-refractivity contribution is 14.0. The van der Waals surface area contributed by atoms with Gasteiger partial charge in [-0.2, -0.15) is 0 Å². The molecule has 0 fully saturated rings. The molecule has 3 N–H and O–H groups in total. The summed E-state index contributed by atoms with van der Waals surface area (Å²) in [6, 6.07) is 15.2. The third-order valence-corrected chi connectivity index (χ3v) is 3.60. The van der Waals surface area contributed by atoms with Crippen molar-refractivity contribution in [3.8, 4) is 5.75 Å². The molecule has 0 amide bonds. The van der Waals surface area contributed by atoms with Gasteiger partial charge in [-0.05, 0) is 43.9 Å². The van der Waals surface area contributed by atoms with Gasteiger partial charge in [-0.1, -0.05) is 30.3 Å². The summed E-state index contributed by atoms with van der Waals surface area (Å²) < 4.78 is 40.3. The fraction of sp³-hybridized carbons (Fsp3) is 0.278. The monoisotopic (exact) mass is 494 g/mol. The molecule has 2 rings (SSSR count). The van der Waals surface area contributed by atoms with E-state index in [4.69, 9.17) is 5.73 Å². The van der Waals surface area contributed by atoms with Crippen LogP contribution >= 0.6 is 24.0 Å². The molecule has 148 valence electrons. The van der Waals surface area contributed by atoms with Crippen LogP contribution in [0.15, 0.2) is 59.6 Å². The van der Waals surface area contributed by atoms with Crippen molar-refractivity contribution in [2.75, 3.05) is 26.0 Å². The van der Waals surface area contributed by atoms with Crippen molar-refractivity contribution in [2.24, 2.45) is 10.7 Å². The van der Waals surface area contributed by atoms with E-state index in [1.165, 1.54) is 24.3 Å². The van der Waals surface area contributed by atoms with Crippen LogP contribution in [0.1, 0.15) is 11.6 Å². The standard InChI is InChI=1S/C18H21F3N4O.HI/c1-25(2)16(13-6-4-3-5-7-13)12-23-17(22)24-14-8-10-15(11-9-14)26-18(19,20)21;/h3-11,16H,12H2,1-2H3,(H3,22,23,24);1H. The molecular weight excluding hydrogens is 472 g/mol. The fourth-order valence-corrected chi connectivity index (χ4v) is 2.35. The zero-order valence-corrected chi connectivity index (χ0v) is 17.2. The van der Waals surface area contributed by atoms with Gasteiger partial charge in [0.25, 0.3) is 0 Å². The van der Waals surface area contributed by atoms with Crippen LogP contribution in [0.25, 0.3) is 0 Å². The van der Waals surface area contributed by atoms with E-state index in [0.29, 0.717) is 12.2 Å². The first-order valence-electron chi connectivity index (χ1n) is 7.89. The second-order valence-electron chi connectivity index (χ2n) is 5.81. The molecule has 9 heteroatoms. The van der Waals surface area contributed by atoms with E-state index in [1.807, 2.05) is 49.3 Å². The Balaban J connectivity index is 0.00000364. The molecule has 5 nitrogen and oxygen atoms in total. The van der Waals surface area contributed by atoms with Crippen molar-refractivity contribution in [3.63, 3.8) is 0 Å². The lowest BCUT2D eigenvalue weighted by atomic mass is 10.1. The fourth-order valence-electron chi connectivity index (χ4n) is 2.35. The lowest BCUT2D eigenvalue weighted by Crippen LogP contribution is -2.27. The van der Waals surface area contributed by atoms with Crippen molar-refractivity contribution in [1.29, 1.82) is 0 Å². The van der Waals surface area contributed by atoms with E-state index < -0.39 is 6.36 Å². The van der Waals surface area contributed by atoms with E-state index in [1.54, 1.807) is 0 Å². The van der Waals surface area contributed by atoms with E-state index in [-0.39, 0.29) is 41.7 Å². The number of rotatable bonds is 6. The van der Waals surface area contributed by atoms with Gasteiger partial charge in [0.15, 0.2) is 5.96 Å². The van der Waals surface area contributed by atoms with Crippen LogP contribution in [0, 0.1) is 0 Å². The molecule has 1 unspecified atom stereocenters. The van der Waals surface area contributed by atoms with Gasteiger partial charge in [0.2, 0.25) is 0 Å². The van der Waals surface area contributed by atoms with Crippen LogP contribution in [-0.2, 0) is 0 Å². The molecule has 0 aliphatic heterocycles. The Bertz CT molecular complexity index is 722. The molecule has 0 saturated carbocycles. The number of nitrogens with one attached hydrogen (secondary N) is 1. The Morgan fingerprint density at radius 2 is 1.70 bits per heavy atom. The zero-order valence-electron chi connectivity index (χ0n) is 14.9. The Labute approximate surface area is 173 Å².